The van der Waals surface area contributed by atoms with Gasteiger partial charge in [-0.25, -0.2) is 0 Å². The van der Waals surface area contributed by atoms with Crippen molar-refractivity contribution in [2.45, 2.75) is 76.3 Å². The van der Waals surface area contributed by atoms with Crippen molar-refractivity contribution in [1.29, 1.82) is 0 Å². The second-order valence-corrected chi connectivity index (χ2v) is 8.06. The van der Waals surface area contributed by atoms with E-state index in [1.54, 1.807) is 0 Å². The molecule has 1 N–H and O–H groups in total. The molecule has 0 aromatic rings. The molecule has 0 aromatic carbocycles. The highest BCUT2D eigenvalue weighted by molar-refractivity contribution is 5.77. The van der Waals surface area contributed by atoms with Crippen LogP contribution in [0.1, 0.15) is 64.2 Å². The lowest BCUT2D eigenvalue weighted by Gasteiger charge is -2.32. The van der Waals surface area contributed by atoms with E-state index in [0.29, 0.717) is 18.0 Å². The second kappa shape index (κ2) is 5.91. The van der Waals surface area contributed by atoms with Gasteiger partial charge in [0.15, 0.2) is 0 Å². The van der Waals surface area contributed by atoms with Crippen LogP contribution >= 0.6 is 0 Å². The Hall–Kier alpha value is -0.570. The average molecular weight is 290 g/mol. The minimum Gasteiger partial charge on any atom is -0.338 e. The van der Waals surface area contributed by atoms with Gasteiger partial charge >= 0.3 is 0 Å². The van der Waals surface area contributed by atoms with Gasteiger partial charge in [0.1, 0.15) is 0 Å². The number of nitrogens with zero attached hydrogens (tertiary/aromatic N) is 1. The summed E-state index contributed by atoms with van der Waals surface area (Å²) in [6.45, 7) is 2.12. The molecule has 1 heterocycles. The Morgan fingerprint density at radius 1 is 1.05 bits per heavy atom. The molecule has 4 aliphatic rings. The summed E-state index contributed by atoms with van der Waals surface area (Å²) in [5.74, 6) is 3.04. The zero-order valence-electron chi connectivity index (χ0n) is 13.2. The standard InChI is InChI=1S/C18H30N2O/c21-18(11-15-10-13-4-5-14(15)9-13)20(17-6-7-17)12-16-3-1-2-8-19-16/h13-17,19H,1-12H2. The maximum absolute atomic E-state index is 12.8. The number of piperidine rings is 1. The van der Waals surface area contributed by atoms with Crippen LogP contribution in [0.15, 0.2) is 0 Å². The molecule has 0 spiro atoms. The summed E-state index contributed by atoms with van der Waals surface area (Å²) in [5.41, 5.74) is 0. The van der Waals surface area contributed by atoms with E-state index in [9.17, 15) is 4.79 Å². The molecule has 0 radical (unpaired) electrons. The van der Waals surface area contributed by atoms with Gasteiger partial charge in [-0.05, 0) is 69.2 Å². The van der Waals surface area contributed by atoms with Gasteiger partial charge in [-0.2, -0.15) is 0 Å². The molecule has 3 aliphatic carbocycles. The van der Waals surface area contributed by atoms with Crippen molar-refractivity contribution in [3.05, 3.63) is 0 Å². The number of carbonyl (C=O) groups is 1. The molecule has 1 amide bonds. The van der Waals surface area contributed by atoms with E-state index in [4.69, 9.17) is 0 Å². The predicted octanol–water partition coefficient (Wildman–Crippen LogP) is 2.95. The Labute approximate surface area is 128 Å². The van der Waals surface area contributed by atoms with Crippen LogP contribution in [0.3, 0.4) is 0 Å². The van der Waals surface area contributed by atoms with Gasteiger partial charge in [-0.1, -0.05) is 12.8 Å². The predicted molar refractivity (Wildman–Crippen MR) is 83.9 cm³/mol. The van der Waals surface area contributed by atoms with Crippen molar-refractivity contribution in [2.75, 3.05) is 13.1 Å². The van der Waals surface area contributed by atoms with Crippen molar-refractivity contribution in [3.63, 3.8) is 0 Å². The first-order valence-electron chi connectivity index (χ1n) is 9.32. The van der Waals surface area contributed by atoms with E-state index in [-0.39, 0.29) is 0 Å². The Morgan fingerprint density at radius 3 is 2.57 bits per heavy atom. The molecule has 4 rings (SSSR count). The molecule has 3 saturated carbocycles. The first-order valence-corrected chi connectivity index (χ1v) is 9.32. The minimum absolute atomic E-state index is 0.474. The van der Waals surface area contributed by atoms with Crippen LogP contribution in [-0.2, 0) is 4.79 Å². The van der Waals surface area contributed by atoms with E-state index in [2.05, 4.69) is 10.2 Å². The quantitative estimate of drug-likeness (QED) is 0.844. The van der Waals surface area contributed by atoms with Gasteiger partial charge in [0, 0.05) is 25.0 Å². The summed E-state index contributed by atoms with van der Waals surface area (Å²) in [4.78, 5) is 15.1. The molecule has 0 aromatic heterocycles. The number of amides is 1. The van der Waals surface area contributed by atoms with Gasteiger partial charge in [0.05, 0.1) is 0 Å². The van der Waals surface area contributed by atoms with Crippen LogP contribution in [0.2, 0.25) is 0 Å². The largest absolute Gasteiger partial charge is 0.338 e. The molecule has 2 bridgehead atoms. The zero-order chi connectivity index (χ0) is 14.2. The van der Waals surface area contributed by atoms with Crippen molar-refractivity contribution >= 4 is 5.91 Å². The van der Waals surface area contributed by atoms with Gasteiger partial charge in [0.2, 0.25) is 5.91 Å². The van der Waals surface area contributed by atoms with Crippen LogP contribution in [0.25, 0.3) is 0 Å². The van der Waals surface area contributed by atoms with Crippen LogP contribution in [-0.4, -0.2) is 36.0 Å². The average Bonchev–Trinajstić information content (AvgIpc) is 3.14. The molecule has 3 heteroatoms. The van der Waals surface area contributed by atoms with Gasteiger partial charge in [-0.3, -0.25) is 4.79 Å². The summed E-state index contributed by atoms with van der Waals surface area (Å²) < 4.78 is 0. The summed E-state index contributed by atoms with van der Waals surface area (Å²) >= 11 is 0. The number of hydrogen-bond donors (Lipinski definition) is 1. The molecular formula is C18H30N2O. The van der Waals surface area contributed by atoms with E-state index < -0.39 is 0 Å². The maximum atomic E-state index is 12.8. The van der Waals surface area contributed by atoms with Crippen molar-refractivity contribution in [1.82, 2.24) is 10.2 Å². The lowest BCUT2D eigenvalue weighted by molar-refractivity contribution is -0.133. The fourth-order valence-electron chi connectivity index (χ4n) is 5.13. The Morgan fingerprint density at radius 2 is 1.95 bits per heavy atom. The Balaban J connectivity index is 1.33. The first-order chi connectivity index (χ1) is 10.3. The topological polar surface area (TPSA) is 32.3 Å². The molecule has 4 fully saturated rings. The molecule has 3 nitrogen and oxygen atoms in total. The summed E-state index contributed by atoms with van der Waals surface area (Å²) in [6.07, 6.45) is 12.8. The minimum atomic E-state index is 0.474. The summed E-state index contributed by atoms with van der Waals surface area (Å²) in [7, 11) is 0. The van der Waals surface area contributed by atoms with Crippen LogP contribution in [0.5, 0.6) is 0 Å². The number of hydrogen-bond acceptors (Lipinski definition) is 2. The van der Waals surface area contributed by atoms with Crippen LogP contribution in [0.4, 0.5) is 0 Å². The summed E-state index contributed by atoms with van der Waals surface area (Å²) in [6, 6.07) is 1.14. The molecule has 1 aliphatic heterocycles. The molecule has 118 valence electrons. The van der Waals surface area contributed by atoms with Crippen LogP contribution in [0, 0.1) is 17.8 Å². The van der Waals surface area contributed by atoms with Crippen molar-refractivity contribution < 1.29 is 4.79 Å². The monoisotopic (exact) mass is 290 g/mol. The lowest BCUT2D eigenvalue weighted by atomic mass is 9.86. The highest BCUT2D eigenvalue weighted by atomic mass is 16.2. The SMILES string of the molecule is O=C(CC1CC2CCC1C2)N(CC1CCCCN1)C1CC1. The number of carbonyl (C=O) groups excluding carboxylic acids is 1. The fourth-order valence-corrected chi connectivity index (χ4v) is 5.13. The number of fused-ring (bicyclic) bond motifs is 2. The van der Waals surface area contributed by atoms with Crippen molar-refractivity contribution in [2.24, 2.45) is 17.8 Å². The number of rotatable bonds is 5. The van der Waals surface area contributed by atoms with E-state index in [1.165, 1.54) is 57.8 Å². The normalized spacial score (nSPS) is 38.7. The van der Waals surface area contributed by atoms with Gasteiger partial charge in [-0.15, -0.1) is 0 Å². The maximum Gasteiger partial charge on any atom is 0.223 e. The highest BCUT2D eigenvalue weighted by Crippen LogP contribution is 2.49. The van der Waals surface area contributed by atoms with E-state index >= 15 is 0 Å². The fraction of sp³-hybridized carbons (Fsp3) is 0.944. The third kappa shape index (κ3) is 3.13. The highest BCUT2D eigenvalue weighted by Gasteiger charge is 2.42. The van der Waals surface area contributed by atoms with Crippen molar-refractivity contribution in [3.8, 4) is 0 Å². The summed E-state index contributed by atoms with van der Waals surface area (Å²) in [5, 5.41) is 3.61. The molecule has 21 heavy (non-hydrogen) atoms. The van der Waals surface area contributed by atoms with Gasteiger partial charge < -0.3 is 10.2 Å². The molecular weight excluding hydrogens is 260 g/mol. The third-order valence-electron chi connectivity index (χ3n) is 6.46. The smallest absolute Gasteiger partial charge is 0.223 e. The second-order valence-electron chi connectivity index (χ2n) is 8.06. The van der Waals surface area contributed by atoms with E-state index in [0.717, 1.165) is 37.3 Å². The lowest BCUT2D eigenvalue weighted by Crippen LogP contribution is -2.47. The Bertz CT molecular complexity index is 387. The first kappa shape index (κ1) is 14.0. The zero-order valence-corrected chi connectivity index (χ0v) is 13.2. The Kier molecular flexibility index (Phi) is 3.95. The van der Waals surface area contributed by atoms with Gasteiger partial charge in [0.25, 0.3) is 0 Å². The van der Waals surface area contributed by atoms with E-state index in [1.807, 2.05) is 0 Å². The third-order valence-corrected chi connectivity index (χ3v) is 6.46. The molecule has 1 saturated heterocycles. The molecule has 4 atom stereocenters. The number of nitrogens with one attached hydrogen (secondary N) is 1. The molecule has 4 unspecified atom stereocenters. The van der Waals surface area contributed by atoms with Crippen LogP contribution < -0.4 is 5.32 Å².